The Kier molecular flexibility index (Phi) is 5.28. The Hall–Kier alpha value is -2.01. The fourth-order valence-corrected chi connectivity index (χ4v) is 4.54. The molecule has 0 saturated heterocycles. The van der Waals surface area contributed by atoms with Crippen molar-refractivity contribution in [2.24, 2.45) is 0 Å². The van der Waals surface area contributed by atoms with Crippen molar-refractivity contribution in [3.8, 4) is 10.6 Å². The Morgan fingerprint density at radius 2 is 2.08 bits per heavy atom. The van der Waals surface area contributed by atoms with Crippen LogP contribution < -0.4 is 0 Å². The van der Waals surface area contributed by atoms with Gasteiger partial charge >= 0.3 is 5.97 Å². The van der Waals surface area contributed by atoms with E-state index in [0.29, 0.717) is 10.6 Å². The molecule has 0 amide bonds. The van der Waals surface area contributed by atoms with E-state index >= 15 is 0 Å². The molecule has 3 rings (SSSR count). The Morgan fingerprint density at radius 1 is 1.31 bits per heavy atom. The topological polar surface area (TPSA) is 89.7 Å². The van der Waals surface area contributed by atoms with Gasteiger partial charge in [0.15, 0.2) is 0 Å². The fraction of sp³-hybridized carbons (Fsp3) is 0.250. The summed E-state index contributed by atoms with van der Waals surface area (Å²) in [5, 5.41) is 4.47. The molecule has 0 unspecified atom stereocenters. The normalized spacial score (nSPS) is 11.8. The number of aryl methyl sites for hydroxylation is 1. The van der Waals surface area contributed by atoms with Gasteiger partial charge in [-0.3, -0.25) is 0 Å². The quantitative estimate of drug-likeness (QED) is 0.577. The van der Waals surface area contributed by atoms with Gasteiger partial charge in [-0.05, 0) is 30.5 Å². The molecule has 0 aliphatic rings. The summed E-state index contributed by atoms with van der Waals surface area (Å²) in [4.78, 5) is 17.1. The number of carbonyl (C=O) groups excluding carboxylic acids is 1. The monoisotopic (exact) mass is 412 g/mol. The van der Waals surface area contributed by atoms with Gasteiger partial charge in [0.1, 0.15) is 22.3 Å². The van der Waals surface area contributed by atoms with Crippen LogP contribution in [-0.4, -0.2) is 37.8 Å². The lowest BCUT2D eigenvalue weighted by molar-refractivity contribution is 0.0445. The van der Waals surface area contributed by atoms with Crippen molar-refractivity contribution < 1.29 is 22.4 Å². The first kappa shape index (κ1) is 18.8. The zero-order valence-electron chi connectivity index (χ0n) is 14.3. The van der Waals surface area contributed by atoms with Crippen LogP contribution in [0, 0.1) is 6.92 Å². The molecule has 138 valence electrons. The molecule has 0 spiro atoms. The van der Waals surface area contributed by atoms with Crippen LogP contribution in [0.5, 0.6) is 0 Å². The third-order valence-corrected chi connectivity index (χ3v) is 7.03. The summed E-state index contributed by atoms with van der Waals surface area (Å²) in [5.41, 5.74) is 1.56. The number of aromatic nitrogens is 1. The van der Waals surface area contributed by atoms with Gasteiger partial charge in [0.2, 0.25) is 5.09 Å². The Balaban J connectivity index is 1.69. The second kappa shape index (κ2) is 7.31. The molecule has 0 radical (unpaired) electrons. The van der Waals surface area contributed by atoms with Crippen molar-refractivity contribution in [3.63, 3.8) is 0 Å². The van der Waals surface area contributed by atoms with Crippen LogP contribution in [0.15, 0.2) is 38.5 Å². The number of hydrogen-bond donors (Lipinski definition) is 0. The molecule has 0 atom stereocenters. The van der Waals surface area contributed by atoms with Crippen LogP contribution in [0.2, 0.25) is 0 Å². The summed E-state index contributed by atoms with van der Waals surface area (Å²) in [5.74, 6) is -0.270. The van der Waals surface area contributed by atoms with E-state index in [4.69, 9.17) is 9.15 Å². The Labute approximate surface area is 158 Å². The molecule has 3 heterocycles. The summed E-state index contributed by atoms with van der Waals surface area (Å²) in [6.45, 7) is 1.59. The lowest BCUT2D eigenvalue weighted by Crippen LogP contribution is -2.21. The molecule has 0 aliphatic carbocycles. The predicted octanol–water partition coefficient (Wildman–Crippen LogP) is 3.38. The maximum atomic E-state index is 12.3. The summed E-state index contributed by atoms with van der Waals surface area (Å²) in [7, 11) is -0.832. The molecule has 0 N–H and O–H groups in total. The molecule has 10 heteroatoms. The third-order valence-electron chi connectivity index (χ3n) is 3.47. The SMILES string of the molecule is Cc1nc(-c2ccsc2)sc1C(=O)OCc1ccc(S(=O)(=O)N(C)C)o1. The average molecular weight is 413 g/mol. The van der Waals surface area contributed by atoms with Crippen molar-refractivity contribution in [2.75, 3.05) is 14.1 Å². The number of ether oxygens (including phenoxy) is 1. The van der Waals surface area contributed by atoms with Gasteiger partial charge in [-0.2, -0.15) is 11.3 Å². The van der Waals surface area contributed by atoms with Crippen LogP contribution in [0.3, 0.4) is 0 Å². The number of rotatable bonds is 6. The minimum absolute atomic E-state index is 0.160. The molecule has 0 fully saturated rings. The highest BCUT2D eigenvalue weighted by Gasteiger charge is 2.22. The molecule has 26 heavy (non-hydrogen) atoms. The molecule has 7 nitrogen and oxygen atoms in total. The Bertz CT molecular complexity index is 1020. The maximum Gasteiger partial charge on any atom is 0.350 e. The molecule has 0 bridgehead atoms. The van der Waals surface area contributed by atoms with Crippen molar-refractivity contribution in [2.45, 2.75) is 18.6 Å². The predicted molar refractivity (Wildman–Crippen MR) is 98.9 cm³/mol. The summed E-state index contributed by atoms with van der Waals surface area (Å²) in [6, 6.07) is 4.75. The summed E-state index contributed by atoms with van der Waals surface area (Å²) in [6.07, 6.45) is 0. The summed E-state index contributed by atoms with van der Waals surface area (Å²) < 4.78 is 35.5. The highest BCUT2D eigenvalue weighted by molar-refractivity contribution is 7.88. The maximum absolute atomic E-state index is 12.3. The zero-order valence-corrected chi connectivity index (χ0v) is 16.7. The first-order valence-corrected chi connectivity index (χ1v) is 10.7. The zero-order chi connectivity index (χ0) is 18.9. The van der Waals surface area contributed by atoms with Crippen LogP contribution in [0.1, 0.15) is 21.1 Å². The number of furan rings is 1. The van der Waals surface area contributed by atoms with E-state index in [-0.39, 0.29) is 17.5 Å². The fourth-order valence-electron chi connectivity index (χ4n) is 2.05. The van der Waals surface area contributed by atoms with Crippen LogP contribution in [-0.2, 0) is 21.4 Å². The van der Waals surface area contributed by atoms with E-state index in [0.717, 1.165) is 14.9 Å². The molecule has 0 saturated carbocycles. The molecule has 0 aliphatic heterocycles. The number of nitrogens with zero attached hydrogens (tertiary/aromatic N) is 2. The number of sulfonamides is 1. The van der Waals surface area contributed by atoms with Crippen LogP contribution >= 0.6 is 22.7 Å². The van der Waals surface area contributed by atoms with Gasteiger partial charge in [-0.1, -0.05) is 0 Å². The number of esters is 1. The van der Waals surface area contributed by atoms with Gasteiger partial charge in [-0.15, -0.1) is 11.3 Å². The van der Waals surface area contributed by atoms with E-state index in [1.165, 1.54) is 37.6 Å². The van der Waals surface area contributed by atoms with Crippen molar-refractivity contribution in [1.29, 1.82) is 0 Å². The van der Waals surface area contributed by atoms with E-state index in [2.05, 4.69) is 4.98 Å². The minimum atomic E-state index is -3.66. The van der Waals surface area contributed by atoms with Gasteiger partial charge < -0.3 is 9.15 Å². The minimum Gasteiger partial charge on any atom is -0.453 e. The van der Waals surface area contributed by atoms with E-state index in [1.54, 1.807) is 18.3 Å². The average Bonchev–Trinajstić information content (AvgIpc) is 3.32. The van der Waals surface area contributed by atoms with Crippen molar-refractivity contribution in [3.05, 3.63) is 45.3 Å². The van der Waals surface area contributed by atoms with Gasteiger partial charge in [-0.25, -0.2) is 22.5 Å². The van der Waals surface area contributed by atoms with E-state index in [1.807, 2.05) is 16.8 Å². The first-order valence-electron chi connectivity index (χ1n) is 7.47. The largest absolute Gasteiger partial charge is 0.453 e. The number of thiophene rings is 1. The number of thiazole rings is 1. The smallest absolute Gasteiger partial charge is 0.350 e. The first-order chi connectivity index (χ1) is 12.3. The lowest BCUT2D eigenvalue weighted by atomic mass is 10.3. The number of hydrogen-bond acceptors (Lipinski definition) is 8. The molecule has 3 aromatic heterocycles. The summed E-state index contributed by atoms with van der Waals surface area (Å²) >= 11 is 2.82. The third kappa shape index (κ3) is 3.73. The second-order valence-corrected chi connectivity index (χ2v) is 9.39. The second-order valence-electron chi connectivity index (χ2n) is 5.53. The highest BCUT2D eigenvalue weighted by Crippen LogP contribution is 2.30. The van der Waals surface area contributed by atoms with E-state index in [9.17, 15) is 13.2 Å². The molecule has 3 aromatic rings. The van der Waals surface area contributed by atoms with Crippen LogP contribution in [0.25, 0.3) is 10.6 Å². The van der Waals surface area contributed by atoms with Gasteiger partial charge in [0.05, 0.1) is 5.69 Å². The number of carbonyl (C=O) groups is 1. The molecular weight excluding hydrogens is 396 g/mol. The van der Waals surface area contributed by atoms with Gasteiger partial charge in [0.25, 0.3) is 10.0 Å². The molecule has 0 aromatic carbocycles. The van der Waals surface area contributed by atoms with Crippen molar-refractivity contribution >= 4 is 38.7 Å². The highest BCUT2D eigenvalue weighted by atomic mass is 32.2. The standard InChI is InChI=1S/C16H16N2O5S3/c1-10-14(25-15(17-10)11-6-7-24-9-11)16(19)22-8-12-4-5-13(23-12)26(20,21)18(2)3/h4-7,9H,8H2,1-3H3. The lowest BCUT2D eigenvalue weighted by Gasteiger charge is -2.07. The van der Waals surface area contributed by atoms with Crippen molar-refractivity contribution in [1.82, 2.24) is 9.29 Å². The van der Waals surface area contributed by atoms with E-state index < -0.39 is 16.0 Å². The van der Waals surface area contributed by atoms with Gasteiger partial charge in [0, 0.05) is 25.0 Å². The van der Waals surface area contributed by atoms with Crippen LogP contribution in [0.4, 0.5) is 0 Å². The molecular formula is C16H16N2O5S3. The Morgan fingerprint density at radius 3 is 2.73 bits per heavy atom.